The summed E-state index contributed by atoms with van der Waals surface area (Å²) in [6.07, 6.45) is -0.734. The minimum Gasteiger partial charge on any atom is -0.320 e. The third-order valence-electron chi connectivity index (χ3n) is 2.55. The van der Waals surface area contributed by atoms with Crippen LogP contribution in [0, 0.1) is 0 Å². The first-order chi connectivity index (χ1) is 10.2. The number of carbonyl (C=O) groups excluding carboxylic acids is 2. The number of rotatable bonds is 3. The molecule has 0 bridgehead atoms. The average Bonchev–Trinajstić information content (AvgIpc) is 2.53. The van der Waals surface area contributed by atoms with Gasteiger partial charge in [0.2, 0.25) is 0 Å². The third kappa shape index (κ3) is 5.23. The molecule has 0 radical (unpaired) electrons. The molecule has 0 saturated carbocycles. The van der Waals surface area contributed by atoms with E-state index in [0.29, 0.717) is 12.2 Å². The van der Waals surface area contributed by atoms with E-state index in [4.69, 9.17) is 0 Å². The predicted molar refractivity (Wildman–Crippen MR) is 78.4 cm³/mol. The number of benzene rings is 2. The van der Waals surface area contributed by atoms with Crippen molar-refractivity contribution in [2.24, 2.45) is 0 Å². The Kier molecular flexibility index (Phi) is 5.17. The molecule has 6 heteroatoms. The molecule has 3 amide bonds. The van der Waals surface area contributed by atoms with Gasteiger partial charge in [0.05, 0.1) is 0 Å². The summed E-state index contributed by atoms with van der Waals surface area (Å²) in [6.45, 7) is 0.321. The first kappa shape index (κ1) is 14.4. The quantitative estimate of drug-likeness (QED) is 0.758. The number of nitrogens with one attached hydrogen (secondary N) is 3. The zero-order valence-electron chi connectivity index (χ0n) is 11.2. The lowest BCUT2D eigenvalue weighted by molar-refractivity contribution is 0.104. The van der Waals surface area contributed by atoms with E-state index >= 15 is 0 Å². The molecule has 6 nitrogen and oxygen atoms in total. The fourth-order valence-corrected chi connectivity index (χ4v) is 1.58. The molecule has 2 rings (SSSR count). The van der Waals surface area contributed by atoms with Crippen LogP contribution in [-0.4, -0.2) is 12.1 Å². The minimum absolute atomic E-state index is 0.321. The van der Waals surface area contributed by atoms with Gasteiger partial charge in [0, 0.05) is 12.2 Å². The molecule has 0 aliphatic rings. The number of hydrogen-bond donors (Lipinski definition) is 3. The second-order valence-electron chi connectivity index (χ2n) is 4.15. The van der Waals surface area contributed by atoms with Crippen molar-refractivity contribution in [3.05, 3.63) is 66.2 Å². The van der Waals surface area contributed by atoms with Gasteiger partial charge in [0.15, 0.2) is 0 Å². The molecule has 0 aliphatic heterocycles. The number of hydrogen-bond acceptors (Lipinski definition) is 3. The van der Waals surface area contributed by atoms with Crippen LogP contribution in [0.2, 0.25) is 0 Å². The molecule has 0 aliphatic carbocycles. The molecule has 108 valence electrons. The van der Waals surface area contributed by atoms with Gasteiger partial charge in [-0.1, -0.05) is 48.5 Å². The summed E-state index contributed by atoms with van der Waals surface area (Å²) in [4.78, 5) is 27.4. The maximum absolute atomic E-state index is 11.5. The maximum Gasteiger partial charge on any atom is 0.431 e. The van der Waals surface area contributed by atoms with Crippen molar-refractivity contribution in [1.29, 1.82) is 0 Å². The van der Waals surface area contributed by atoms with Crippen molar-refractivity contribution >= 4 is 17.8 Å². The molecule has 2 aromatic rings. The molecule has 2 aromatic carbocycles. The van der Waals surface area contributed by atoms with Crippen molar-refractivity contribution in [3.8, 4) is 0 Å². The Labute approximate surface area is 122 Å². The highest BCUT2D eigenvalue weighted by molar-refractivity contribution is 5.89. The zero-order valence-corrected chi connectivity index (χ0v) is 11.2. The summed E-state index contributed by atoms with van der Waals surface area (Å²) in [5.74, 6) is 0. The van der Waals surface area contributed by atoms with E-state index < -0.39 is 12.1 Å². The van der Waals surface area contributed by atoms with E-state index in [9.17, 15) is 9.59 Å². The third-order valence-corrected chi connectivity index (χ3v) is 2.55. The highest BCUT2D eigenvalue weighted by atomic mass is 16.7. The summed E-state index contributed by atoms with van der Waals surface area (Å²) in [5, 5.41) is 5.03. The molecule has 0 atom stereocenters. The normalized spacial score (nSPS) is 9.52. The van der Waals surface area contributed by atoms with E-state index in [1.165, 1.54) is 0 Å². The van der Waals surface area contributed by atoms with Crippen LogP contribution in [-0.2, 0) is 11.4 Å². The second-order valence-corrected chi connectivity index (χ2v) is 4.15. The summed E-state index contributed by atoms with van der Waals surface area (Å²) in [6, 6.07) is 17.6. The molecular formula is C15H15N3O3. The Morgan fingerprint density at radius 1 is 0.905 bits per heavy atom. The van der Waals surface area contributed by atoms with Crippen LogP contribution >= 0.6 is 0 Å². The second kappa shape index (κ2) is 7.54. The monoisotopic (exact) mass is 285 g/mol. The summed E-state index contributed by atoms with van der Waals surface area (Å²) in [5.41, 5.74) is 3.54. The van der Waals surface area contributed by atoms with Gasteiger partial charge in [-0.2, -0.15) is 5.48 Å². The van der Waals surface area contributed by atoms with E-state index in [-0.39, 0.29) is 0 Å². The fourth-order valence-electron chi connectivity index (χ4n) is 1.58. The van der Waals surface area contributed by atoms with Crippen molar-refractivity contribution in [2.45, 2.75) is 6.54 Å². The maximum atomic E-state index is 11.5. The number of anilines is 1. The van der Waals surface area contributed by atoms with Crippen LogP contribution in [0.15, 0.2) is 60.7 Å². The molecule has 0 spiro atoms. The van der Waals surface area contributed by atoms with Crippen LogP contribution < -0.4 is 16.1 Å². The van der Waals surface area contributed by atoms with Crippen molar-refractivity contribution in [3.63, 3.8) is 0 Å². The lowest BCUT2D eigenvalue weighted by Crippen LogP contribution is -2.35. The highest BCUT2D eigenvalue weighted by Gasteiger charge is 2.06. The Hall–Kier alpha value is -3.02. The topological polar surface area (TPSA) is 79.5 Å². The van der Waals surface area contributed by atoms with Gasteiger partial charge in [-0.05, 0) is 17.7 Å². The molecule has 0 aromatic heterocycles. The minimum atomic E-state index is -0.734. The number of amides is 3. The number of urea groups is 1. The Morgan fingerprint density at radius 3 is 2.19 bits per heavy atom. The Bertz CT molecular complexity index is 588. The number of para-hydroxylation sites is 1. The van der Waals surface area contributed by atoms with Gasteiger partial charge in [0.1, 0.15) is 0 Å². The van der Waals surface area contributed by atoms with E-state index in [2.05, 4.69) is 15.5 Å². The van der Waals surface area contributed by atoms with Gasteiger partial charge in [-0.25, -0.2) is 9.59 Å². The lowest BCUT2D eigenvalue weighted by Gasteiger charge is -2.08. The fraction of sp³-hybridized carbons (Fsp3) is 0.0667. The standard InChI is InChI=1S/C15H15N3O3/c19-14(17-13-9-5-2-6-10-13)18-21-15(20)16-11-12-7-3-1-4-8-12/h1-10H,11H2,(H,16,20)(H2,17,18,19). The summed E-state index contributed by atoms with van der Waals surface area (Å²) < 4.78 is 0. The van der Waals surface area contributed by atoms with E-state index in [1.54, 1.807) is 24.3 Å². The van der Waals surface area contributed by atoms with Crippen molar-refractivity contribution in [2.75, 3.05) is 5.32 Å². The highest BCUT2D eigenvalue weighted by Crippen LogP contribution is 2.04. The molecule has 0 heterocycles. The number of hydroxylamine groups is 1. The molecule has 21 heavy (non-hydrogen) atoms. The first-order valence-corrected chi connectivity index (χ1v) is 6.34. The Morgan fingerprint density at radius 2 is 1.52 bits per heavy atom. The first-order valence-electron chi connectivity index (χ1n) is 6.34. The van der Waals surface area contributed by atoms with Gasteiger partial charge in [-0.3, -0.25) is 0 Å². The summed E-state index contributed by atoms with van der Waals surface area (Å²) in [7, 11) is 0. The van der Waals surface area contributed by atoms with Crippen LogP contribution in [0.5, 0.6) is 0 Å². The molecule has 3 N–H and O–H groups in total. The van der Waals surface area contributed by atoms with Gasteiger partial charge < -0.3 is 15.5 Å². The number of carbonyl (C=O) groups is 2. The molecular weight excluding hydrogens is 270 g/mol. The van der Waals surface area contributed by atoms with Crippen LogP contribution in [0.4, 0.5) is 15.3 Å². The smallest absolute Gasteiger partial charge is 0.320 e. The van der Waals surface area contributed by atoms with Crippen LogP contribution in [0.3, 0.4) is 0 Å². The molecule has 0 fully saturated rings. The largest absolute Gasteiger partial charge is 0.431 e. The zero-order chi connectivity index (χ0) is 14.9. The van der Waals surface area contributed by atoms with Crippen molar-refractivity contribution < 1.29 is 14.4 Å². The lowest BCUT2D eigenvalue weighted by atomic mass is 10.2. The summed E-state index contributed by atoms with van der Waals surface area (Å²) >= 11 is 0. The van der Waals surface area contributed by atoms with Crippen LogP contribution in [0.1, 0.15) is 5.56 Å². The molecule has 0 unspecified atom stereocenters. The van der Waals surface area contributed by atoms with Crippen LogP contribution in [0.25, 0.3) is 0 Å². The Balaban J connectivity index is 1.68. The predicted octanol–water partition coefficient (Wildman–Crippen LogP) is 2.65. The van der Waals surface area contributed by atoms with E-state index in [0.717, 1.165) is 5.56 Å². The molecule has 0 saturated heterocycles. The van der Waals surface area contributed by atoms with Gasteiger partial charge in [-0.15, -0.1) is 0 Å². The van der Waals surface area contributed by atoms with Gasteiger partial charge >= 0.3 is 12.1 Å². The van der Waals surface area contributed by atoms with E-state index in [1.807, 2.05) is 41.9 Å². The van der Waals surface area contributed by atoms with Crippen molar-refractivity contribution in [1.82, 2.24) is 10.8 Å². The van der Waals surface area contributed by atoms with Gasteiger partial charge in [0.25, 0.3) is 0 Å². The average molecular weight is 285 g/mol. The SMILES string of the molecule is O=C(NOC(=O)NCc1ccccc1)Nc1ccccc1.